The van der Waals surface area contributed by atoms with Gasteiger partial charge in [-0.25, -0.2) is 4.79 Å². The third kappa shape index (κ3) is 6.14. The Labute approximate surface area is 108 Å². The van der Waals surface area contributed by atoms with Crippen molar-refractivity contribution >= 4 is 24.1 Å². The average Bonchev–Trinajstić information content (AvgIpc) is 2.25. The molecule has 4 nitrogen and oxygen atoms in total. The van der Waals surface area contributed by atoms with Crippen LogP contribution in [0.2, 0.25) is 0 Å². The molecular formula is C12H19ClN2O2. The highest BCUT2D eigenvalue weighted by Crippen LogP contribution is 2.06. The molecule has 0 atom stereocenters. The van der Waals surface area contributed by atoms with Gasteiger partial charge in [0.15, 0.2) is 0 Å². The van der Waals surface area contributed by atoms with Gasteiger partial charge in [-0.05, 0) is 24.3 Å². The summed E-state index contributed by atoms with van der Waals surface area (Å²) in [5, 5.41) is 3.16. The smallest absolute Gasteiger partial charge is 0.338 e. The molecule has 0 aliphatic carbocycles. The molecule has 0 amide bonds. The Morgan fingerprint density at radius 1 is 1.35 bits per heavy atom. The molecule has 17 heavy (non-hydrogen) atoms. The van der Waals surface area contributed by atoms with Crippen molar-refractivity contribution in [2.24, 2.45) is 0 Å². The van der Waals surface area contributed by atoms with Crippen LogP contribution in [-0.4, -0.2) is 25.2 Å². The lowest BCUT2D eigenvalue weighted by atomic mass is 10.2. The number of carbonyl (C=O) groups excluding carboxylic acids is 1. The van der Waals surface area contributed by atoms with Crippen molar-refractivity contribution in [3.63, 3.8) is 0 Å². The summed E-state index contributed by atoms with van der Waals surface area (Å²) < 4.78 is 5.08. The number of anilines is 1. The van der Waals surface area contributed by atoms with Gasteiger partial charge in [-0.1, -0.05) is 13.8 Å². The minimum Gasteiger partial charge on any atom is -0.461 e. The number of nitrogens with two attached hydrogens (primary N) is 1. The number of nitrogens with one attached hydrogen (secondary N) is 1. The molecule has 3 N–H and O–H groups in total. The van der Waals surface area contributed by atoms with E-state index >= 15 is 0 Å². The van der Waals surface area contributed by atoms with Crippen LogP contribution in [0.5, 0.6) is 0 Å². The highest BCUT2D eigenvalue weighted by atomic mass is 35.5. The number of benzene rings is 1. The van der Waals surface area contributed by atoms with E-state index in [9.17, 15) is 4.79 Å². The van der Waals surface area contributed by atoms with Gasteiger partial charge < -0.3 is 15.8 Å². The van der Waals surface area contributed by atoms with Crippen molar-refractivity contribution in [2.45, 2.75) is 19.9 Å². The van der Waals surface area contributed by atoms with Gasteiger partial charge in [-0.2, -0.15) is 0 Å². The molecule has 0 fully saturated rings. The largest absolute Gasteiger partial charge is 0.461 e. The van der Waals surface area contributed by atoms with Crippen molar-refractivity contribution < 1.29 is 9.53 Å². The van der Waals surface area contributed by atoms with Gasteiger partial charge >= 0.3 is 5.97 Å². The summed E-state index contributed by atoms with van der Waals surface area (Å²) in [6, 6.07) is 7.09. The fourth-order valence-corrected chi connectivity index (χ4v) is 1.19. The molecule has 1 aromatic rings. The fourth-order valence-electron chi connectivity index (χ4n) is 1.19. The molecule has 0 aliphatic heterocycles. The Kier molecular flexibility index (Phi) is 7.34. The lowest BCUT2D eigenvalue weighted by molar-refractivity contribution is 0.0506. The van der Waals surface area contributed by atoms with Crippen molar-refractivity contribution in [3.8, 4) is 0 Å². The maximum Gasteiger partial charge on any atom is 0.338 e. The Morgan fingerprint density at radius 3 is 2.47 bits per heavy atom. The van der Waals surface area contributed by atoms with Crippen molar-refractivity contribution in [1.82, 2.24) is 5.32 Å². The van der Waals surface area contributed by atoms with E-state index in [0.717, 1.165) is 0 Å². The standard InChI is InChI=1S/C12H18N2O2.ClH/c1-9(2)14-7-8-16-12(15)10-3-5-11(13)6-4-10;/h3-6,9,14H,7-8,13H2,1-2H3;1H. The molecule has 0 aliphatic rings. The Balaban J connectivity index is 0.00000256. The van der Waals surface area contributed by atoms with Crippen LogP contribution in [0.3, 0.4) is 0 Å². The fraction of sp³-hybridized carbons (Fsp3) is 0.417. The summed E-state index contributed by atoms with van der Waals surface area (Å²) in [6.45, 7) is 5.13. The van der Waals surface area contributed by atoms with Crippen LogP contribution < -0.4 is 11.1 Å². The van der Waals surface area contributed by atoms with Gasteiger partial charge in [0.2, 0.25) is 0 Å². The van der Waals surface area contributed by atoms with Gasteiger partial charge in [0.25, 0.3) is 0 Å². The molecule has 0 unspecified atom stereocenters. The highest BCUT2D eigenvalue weighted by molar-refractivity contribution is 5.89. The maximum atomic E-state index is 11.5. The molecule has 0 bridgehead atoms. The number of rotatable bonds is 5. The summed E-state index contributed by atoms with van der Waals surface area (Å²) in [4.78, 5) is 11.5. The Morgan fingerprint density at radius 2 is 1.94 bits per heavy atom. The number of carbonyl (C=O) groups is 1. The summed E-state index contributed by atoms with van der Waals surface area (Å²) in [5.41, 5.74) is 6.68. The summed E-state index contributed by atoms with van der Waals surface area (Å²) in [7, 11) is 0. The van der Waals surface area contributed by atoms with E-state index in [2.05, 4.69) is 5.32 Å². The molecule has 1 aromatic carbocycles. The van der Waals surface area contributed by atoms with Crippen LogP contribution in [0.25, 0.3) is 0 Å². The van der Waals surface area contributed by atoms with E-state index in [1.807, 2.05) is 13.8 Å². The SMILES string of the molecule is CC(C)NCCOC(=O)c1ccc(N)cc1.Cl. The van der Waals surface area contributed by atoms with Crippen LogP contribution in [0.4, 0.5) is 5.69 Å². The highest BCUT2D eigenvalue weighted by Gasteiger charge is 2.05. The van der Waals surface area contributed by atoms with Crippen LogP contribution in [0, 0.1) is 0 Å². The molecule has 0 saturated heterocycles. The second-order valence-corrected chi connectivity index (χ2v) is 3.87. The average molecular weight is 259 g/mol. The molecule has 0 radical (unpaired) electrons. The Hall–Kier alpha value is -1.26. The van der Waals surface area contributed by atoms with Gasteiger partial charge in [-0.15, -0.1) is 12.4 Å². The lowest BCUT2D eigenvalue weighted by Gasteiger charge is -2.08. The number of hydrogen-bond donors (Lipinski definition) is 2. The lowest BCUT2D eigenvalue weighted by Crippen LogP contribution is -2.27. The zero-order chi connectivity index (χ0) is 12.0. The zero-order valence-corrected chi connectivity index (χ0v) is 10.9. The summed E-state index contributed by atoms with van der Waals surface area (Å²) >= 11 is 0. The van der Waals surface area contributed by atoms with Gasteiger partial charge in [0, 0.05) is 18.3 Å². The van der Waals surface area contributed by atoms with Crippen molar-refractivity contribution in [3.05, 3.63) is 29.8 Å². The molecule has 5 heteroatoms. The first-order valence-corrected chi connectivity index (χ1v) is 5.35. The molecule has 0 aromatic heterocycles. The van der Waals surface area contributed by atoms with Crippen molar-refractivity contribution in [2.75, 3.05) is 18.9 Å². The molecule has 0 heterocycles. The number of ether oxygens (including phenoxy) is 1. The first kappa shape index (κ1) is 15.7. The third-order valence-corrected chi connectivity index (χ3v) is 2.03. The van der Waals surface area contributed by atoms with Gasteiger partial charge in [-0.3, -0.25) is 0 Å². The number of halogens is 1. The van der Waals surface area contributed by atoms with E-state index in [4.69, 9.17) is 10.5 Å². The topological polar surface area (TPSA) is 64.3 Å². The Bertz CT molecular complexity index is 339. The molecule has 1 rings (SSSR count). The molecule has 0 saturated carbocycles. The van der Waals surface area contributed by atoms with Gasteiger partial charge in [0.1, 0.15) is 6.61 Å². The normalized spacial score (nSPS) is 9.82. The predicted octanol–water partition coefficient (Wildman–Crippen LogP) is 1.85. The molecule has 96 valence electrons. The van der Waals surface area contributed by atoms with Crippen molar-refractivity contribution in [1.29, 1.82) is 0 Å². The molecule has 0 spiro atoms. The van der Waals surface area contributed by atoms with Crippen LogP contribution in [0.15, 0.2) is 24.3 Å². The van der Waals surface area contributed by atoms with Crippen LogP contribution in [-0.2, 0) is 4.74 Å². The monoisotopic (exact) mass is 258 g/mol. The second kappa shape index (κ2) is 7.92. The summed E-state index contributed by atoms with van der Waals surface area (Å²) in [5.74, 6) is -0.314. The first-order chi connectivity index (χ1) is 7.59. The zero-order valence-electron chi connectivity index (χ0n) is 10.1. The second-order valence-electron chi connectivity index (χ2n) is 3.87. The predicted molar refractivity (Wildman–Crippen MR) is 71.5 cm³/mol. The van der Waals surface area contributed by atoms with E-state index in [0.29, 0.717) is 30.4 Å². The number of esters is 1. The number of nitrogen functional groups attached to an aromatic ring is 1. The third-order valence-electron chi connectivity index (χ3n) is 2.03. The first-order valence-electron chi connectivity index (χ1n) is 5.35. The molecular weight excluding hydrogens is 240 g/mol. The summed E-state index contributed by atoms with van der Waals surface area (Å²) in [6.07, 6.45) is 0. The van der Waals surface area contributed by atoms with E-state index < -0.39 is 0 Å². The van der Waals surface area contributed by atoms with Crippen LogP contribution in [0.1, 0.15) is 24.2 Å². The quantitative estimate of drug-likeness (QED) is 0.481. The van der Waals surface area contributed by atoms with Gasteiger partial charge in [0.05, 0.1) is 5.56 Å². The van der Waals surface area contributed by atoms with Crippen LogP contribution >= 0.6 is 12.4 Å². The maximum absolute atomic E-state index is 11.5. The number of hydrogen-bond acceptors (Lipinski definition) is 4. The van der Waals surface area contributed by atoms with E-state index in [-0.39, 0.29) is 18.4 Å². The minimum absolute atomic E-state index is 0. The minimum atomic E-state index is -0.314. The van der Waals surface area contributed by atoms with E-state index in [1.165, 1.54) is 0 Å². The van der Waals surface area contributed by atoms with E-state index in [1.54, 1.807) is 24.3 Å².